The quantitative estimate of drug-likeness (QED) is 0.465. The number of hydrogen-bond acceptors (Lipinski definition) is 6. The van der Waals surface area contributed by atoms with Gasteiger partial charge < -0.3 is 0 Å². The second kappa shape index (κ2) is 6.19. The van der Waals surface area contributed by atoms with Crippen molar-refractivity contribution in [2.24, 2.45) is 0 Å². The van der Waals surface area contributed by atoms with Crippen molar-refractivity contribution in [2.75, 3.05) is 7.05 Å². The Hall–Kier alpha value is -3.62. The molecule has 4 heterocycles. The van der Waals surface area contributed by atoms with Gasteiger partial charge >= 0.3 is 0 Å². The Labute approximate surface area is 183 Å². The van der Waals surface area contributed by atoms with Crippen LogP contribution in [-0.2, 0) is 0 Å². The molecule has 0 saturated carbocycles. The van der Waals surface area contributed by atoms with E-state index in [0.29, 0.717) is 44.2 Å². The summed E-state index contributed by atoms with van der Waals surface area (Å²) >= 11 is 2.88. The van der Waals surface area contributed by atoms with Crippen molar-refractivity contribution in [1.29, 1.82) is 0 Å². The fourth-order valence-electron chi connectivity index (χ4n) is 4.37. The van der Waals surface area contributed by atoms with Crippen LogP contribution in [0.15, 0.2) is 47.2 Å². The zero-order valence-corrected chi connectivity index (χ0v) is 17.6. The molecule has 0 bridgehead atoms. The molecule has 6 rings (SSSR count). The third-order valence-corrected chi connectivity index (χ3v) is 7.54. The molecule has 4 aromatic rings. The van der Waals surface area contributed by atoms with E-state index in [2.05, 4.69) is 5.32 Å². The first-order valence-corrected chi connectivity index (χ1v) is 11.2. The summed E-state index contributed by atoms with van der Waals surface area (Å²) in [5.41, 5.74) is 2.44. The van der Waals surface area contributed by atoms with Gasteiger partial charge in [-0.2, -0.15) is 0 Å². The predicted molar refractivity (Wildman–Crippen MR) is 119 cm³/mol. The highest BCUT2D eigenvalue weighted by atomic mass is 32.1. The maximum Gasteiger partial charge on any atom is 0.261 e. The van der Waals surface area contributed by atoms with Crippen LogP contribution in [0.4, 0.5) is 0 Å². The van der Waals surface area contributed by atoms with Crippen LogP contribution in [0.1, 0.15) is 41.4 Å². The Kier molecular flexibility index (Phi) is 3.63. The van der Waals surface area contributed by atoms with Gasteiger partial charge in [-0.1, -0.05) is 12.1 Å². The van der Waals surface area contributed by atoms with E-state index in [1.54, 1.807) is 12.1 Å². The second-order valence-corrected chi connectivity index (χ2v) is 9.25. The number of carbonyl (C=O) groups excluding carboxylic acids is 4. The van der Waals surface area contributed by atoms with Crippen molar-refractivity contribution >= 4 is 57.1 Å². The molecule has 1 N–H and O–H groups in total. The van der Waals surface area contributed by atoms with E-state index in [1.165, 1.54) is 29.7 Å². The normalized spacial score (nSPS) is 15.1. The van der Waals surface area contributed by atoms with E-state index in [4.69, 9.17) is 0 Å². The summed E-state index contributed by atoms with van der Waals surface area (Å²) in [7, 11) is 1.45. The highest BCUT2D eigenvalue weighted by molar-refractivity contribution is 7.14. The Morgan fingerprint density at radius 1 is 0.710 bits per heavy atom. The van der Waals surface area contributed by atoms with Gasteiger partial charge in [0, 0.05) is 49.8 Å². The number of thiophene rings is 2. The van der Waals surface area contributed by atoms with Gasteiger partial charge in [0.25, 0.3) is 23.6 Å². The number of benzene rings is 2. The fourth-order valence-corrected chi connectivity index (χ4v) is 5.86. The third kappa shape index (κ3) is 2.31. The van der Waals surface area contributed by atoms with E-state index in [-0.39, 0.29) is 0 Å². The molecule has 0 atom stereocenters. The van der Waals surface area contributed by atoms with Gasteiger partial charge in [-0.15, -0.1) is 22.7 Å². The lowest BCUT2D eigenvalue weighted by Crippen LogP contribution is -2.40. The maximum atomic E-state index is 13.3. The minimum Gasteiger partial charge on any atom is -0.288 e. The Morgan fingerprint density at radius 3 is 1.90 bits per heavy atom. The number of imide groups is 2. The molecule has 4 amide bonds. The molecule has 31 heavy (non-hydrogen) atoms. The smallest absolute Gasteiger partial charge is 0.261 e. The highest BCUT2D eigenvalue weighted by Gasteiger charge is 2.39. The molecule has 0 unspecified atom stereocenters. The van der Waals surface area contributed by atoms with Crippen LogP contribution in [0, 0.1) is 0 Å². The van der Waals surface area contributed by atoms with Crippen LogP contribution >= 0.6 is 22.7 Å². The van der Waals surface area contributed by atoms with Crippen molar-refractivity contribution in [3.63, 3.8) is 0 Å². The summed E-state index contributed by atoms with van der Waals surface area (Å²) in [5, 5.41) is 6.95. The summed E-state index contributed by atoms with van der Waals surface area (Å²) in [6, 6.07) is 10.8. The zero-order chi connectivity index (χ0) is 21.4. The molecule has 0 fully saturated rings. The first-order valence-electron chi connectivity index (χ1n) is 9.41. The third-order valence-electron chi connectivity index (χ3n) is 5.73. The molecule has 8 heteroatoms. The van der Waals surface area contributed by atoms with Gasteiger partial charge in [-0.3, -0.25) is 29.4 Å². The standard InChI is InChI=1S/C23H12N2O4S2/c1-25-22(28)13-9-10(14-4-2-6-30-14)18-16-12(20(26)24-21(18)27)8-11(15-5-3-7-31-15)19(17(13)16)23(25)29/h2-9H,1H3,(H,24,26,27). The van der Waals surface area contributed by atoms with Crippen LogP contribution in [0.3, 0.4) is 0 Å². The Balaban J connectivity index is 1.88. The van der Waals surface area contributed by atoms with Crippen LogP contribution < -0.4 is 5.32 Å². The van der Waals surface area contributed by atoms with Crippen molar-refractivity contribution in [3.05, 3.63) is 69.4 Å². The molecule has 0 aliphatic carbocycles. The van der Waals surface area contributed by atoms with Crippen LogP contribution in [-0.4, -0.2) is 35.6 Å². The minimum atomic E-state index is -0.532. The molecule has 2 aromatic heterocycles. The summed E-state index contributed by atoms with van der Waals surface area (Å²) in [5.74, 6) is -1.95. The fraction of sp³-hybridized carbons (Fsp3) is 0.0435. The number of carbonyl (C=O) groups is 4. The topological polar surface area (TPSA) is 83.6 Å². The van der Waals surface area contributed by atoms with Gasteiger partial charge in [0.2, 0.25) is 0 Å². The monoisotopic (exact) mass is 444 g/mol. The average molecular weight is 444 g/mol. The summed E-state index contributed by atoms with van der Waals surface area (Å²) < 4.78 is 0. The first kappa shape index (κ1) is 18.2. The molecule has 0 saturated heterocycles. The molecular weight excluding hydrogens is 432 g/mol. The zero-order valence-electron chi connectivity index (χ0n) is 16.0. The van der Waals surface area contributed by atoms with Crippen LogP contribution in [0.25, 0.3) is 31.7 Å². The molecule has 2 aliphatic rings. The molecule has 0 spiro atoms. The Morgan fingerprint density at radius 2 is 1.29 bits per heavy atom. The van der Waals surface area contributed by atoms with Gasteiger partial charge in [0.05, 0.1) is 11.1 Å². The molecule has 0 radical (unpaired) electrons. The number of nitrogens with zero attached hydrogens (tertiary/aromatic N) is 1. The molecule has 2 aromatic carbocycles. The van der Waals surface area contributed by atoms with Gasteiger partial charge in [0.15, 0.2) is 0 Å². The molecule has 2 aliphatic heterocycles. The SMILES string of the molecule is CN1C(=O)c2cc(-c3cccs3)c3c4c(cc(-c5cccs5)c(c24)C1=O)C(=O)NC3=O. The first-order chi connectivity index (χ1) is 15.0. The molecule has 6 nitrogen and oxygen atoms in total. The predicted octanol–water partition coefficient (Wildman–Crippen LogP) is 4.41. The Bertz CT molecular complexity index is 1480. The summed E-state index contributed by atoms with van der Waals surface area (Å²) in [6.45, 7) is 0. The van der Waals surface area contributed by atoms with E-state index in [0.717, 1.165) is 14.7 Å². The minimum absolute atomic E-state index is 0.293. The van der Waals surface area contributed by atoms with E-state index in [9.17, 15) is 19.2 Å². The van der Waals surface area contributed by atoms with Gasteiger partial charge in [-0.05, 0) is 35.0 Å². The summed E-state index contributed by atoms with van der Waals surface area (Å²) in [4.78, 5) is 54.9. The second-order valence-electron chi connectivity index (χ2n) is 7.35. The molecular formula is C23H12N2O4S2. The van der Waals surface area contributed by atoms with E-state index in [1.807, 2.05) is 35.0 Å². The number of amides is 4. The number of nitrogens with one attached hydrogen (secondary N) is 1. The number of hydrogen-bond donors (Lipinski definition) is 1. The van der Waals surface area contributed by atoms with Crippen molar-refractivity contribution < 1.29 is 19.2 Å². The maximum absolute atomic E-state index is 13.3. The lowest BCUT2D eigenvalue weighted by atomic mass is 9.81. The van der Waals surface area contributed by atoms with Crippen molar-refractivity contribution in [3.8, 4) is 20.9 Å². The molecule has 150 valence electrons. The summed E-state index contributed by atoms with van der Waals surface area (Å²) in [6.07, 6.45) is 0. The van der Waals surface area contributed by atoms with Crippen LogP contribution in [0.5, 0.6) is 0 Å². The number of rotatable bonds is 2. The van der Waals surface area contributed by atoms with Crippen molar-refractivity contribution in [1.82, 2.24) is 10.2 Å². The highest BCUT2D eigenvalue weighted by Crippen LogP contribution is 2.45. The lowest BCUT2D eigenvalue weighted by molar-refractivity contribution is 0.0649. The largest absolute Gasteiger partial charge is 0.288 e. The van der Waals surface area contributed by atoms with E-state index < -0.39 is 23.6 Å². The average Bonchev–Trinajstić information content (AvgIpc) is 3.48. The lowest BCUT2D eigenvalue weighted by Gasteiger charge is -2.30. The van der Waals surface area contributed by atoms with Gasteiger partial charge in [-0.25, -0.2) is 0 Å². The van der Waals surface area contributed by atoms with E-state index >= 15 is 0 Å². The van der Waals surface area contributed by atoms with Gasteiger partial charge in [0.1, 0.15) is 0 Å². The van der Waals surface area contributed by atoms with Crippen molar-refractivity contribution in [2.45, 2.75) is 0 Å². The van der Waals surface area contributed by atoms with Crippen LogP contribution in [0.2, 0.25) is 0 Å².